The second-order valence-electron chi connectivity index (χ2n) is 5.72. The highest BCUT2D eigenvalue weighted by molar-refractivity contribution is 5.80. The van der Waals surface area contributed by atoms with Crippen molar-refractivity contribution in [2.24, 2.45) is 11.8 Å². The Kier molecular flexibility index (Phi) is 3.73. The van der Waals surface area contributed by atoms with Crippen molar-refractivity contribution in [1.29, 1.82) is 0 Å². The van der Waals surface area contributed by atoms with E-state index < -0.39 is 5.54 Å². The Morgan fingerprint density at radius 3 is 2.47 bits per heavy atom. The first-order valence-corrected chi connectivity index (χ1v) is 6.59. The summed E-state index contributed by atoms with van der Waals surface area (Å²) in [5.41, 5.74) is -0.576. The molecule has 2 rings (SSSR count). The maximum Gasteiger partial charge on any atom is 0.327 e. The number of likely N-dealkylation sites (N-methyl/N-ethyl adjacent to an activating group) is 1. The first-order valence-electron chi connectivity index (χ1n) is 6.59. The quantitative estimate of drug-likeness (QED) is 0.740. The second kappa shape index (κ2) is 4.94. The van der Waals surface area contributed by atoms with Crippen molar-refractivity contribution >= 4 is 5.97 Å². The van der Waals surface area contributed by atoms with Crippen LogP contribution < -0.4 is 5.32 Å². The van der Waals surface area contributed by atoms with Crippen molar-refractivity contribution in [2.75, 3.05) is 33.8 Å². The van der Waals surface area contributed by atoms with Crippen molar-refractivity contribution in [2.45, 2.75) is 31.7 Å². The molecule has 2 aliphatic rings. The number of ether oxygens (including phenoxy) is 1. The maximum absolute atomic E-state index is 11.8. The van der Waals surface area contributed by atoms with E-state index in [0.29, 0.717) is 0 Å². The SMILES string of the molecule is CNC(C)(CN1CC2CCCC2C1)C(=O)OC. The molecule has 2 fully saturated rings. The molecule has 0 bridgehead atoms. The van der Waals surface area contributed by atoms with Gasteiger partial charge in [-0.1, -0.05) is 6.42 Å². The molecular weight excluding hydrogens is 216 g/mol. The highest BCUT2D eigenvalue weighted by atomic mass is 16.5. The van der Waals surface area contributed by atoms with Gasteiger partial charge in [-0.25, -0.2) is 0 Å². The molecule has 1 aliphatic carbocycles. The van der Waals surface area contributed by atoms with Gasteiger partial charge in [0.05, 0.1) is 7.11 Å². The number of hydrogen-bond acceptors (Lipinski definition) is 4. The third-order valence-electron chi connectivity index (χ3n) is 4.53. The molecule has 0 radical (unpaired) electrons. The van der Waals surface area contributed by atoms with Gasteiger partial charge in [-0.15, -0.1) is 0 Å². The van der Waals surface area contributed by atoms with Crippen LogP contribution in [0.15, 0.2) is 0 Å². The number of rotatable bonds is 4. The Labute approximate surface area is 104 Å². The Morgan fingerprint density at radius 2 is 2.00 bits per heavy atom. The molecule has 1 N–H and O–H groups in total. The summed E-state index contributed by atoms with van der Waals surface area (Å²) in [5, 5.41) is 3.11. The van der Waals surface area contributed by atoms with Crippen LogP contribution in [0, 0.1) is 11.8 Å². The molecule has 1 saturated carbocycles. The molecular formula is C13H24N2O2. The number of esters is 1. The van der Waals surface area contributed by atoms with Crippen molar-refractivity contribution in [1.82, 2.24) is 10.2 Å². The van der Waals surface area contributed by atoms with Gasteiger partial charge in [-0.2, -0.15) is 0 Å². The van der Waals surface area contributed by atoms with Crippen molar-refractivity contribution in [3.05, 3.63) is 0 Å². The third-order valence-corrected chi connectivity index (χ3v) is 4.53. The van der Waals surface area contributed by atoms with E-state index in [2.05, 4.69) is 10.2 Å². The number of fused-ring (bicyclic) bond motifs is 1. The van der Waals surface area contributed by atoms with E-state index in [-0.39, 0.29) is 5.97 Å². The number of methoxy groups -OCH3 is 1. The summed E-state index contributed by atoms with van der Waals surface area (Å²) in [6.45, 7) is 4.98. The molecule has 98 valence electrons. The maximum atomic E-state index is 11.8. The lowest BCUT2D eigenvalue weighted by Gasteiger charge is -2.31. The minimum atomic E-state index is -0.576. The van der Waals surface area contributed by atoms with Crippen LogP contribution in [0.2, 0.25) is 0 Å². The van der Waals surface area contributed by atoms with Gasteiger partial charge >= 0.3 is 5.97 Å². The summed E-state index contributed by atoms with van der Waals surface area (Å²) in [7, 11) is 3.28. The van der Waals surface area contributed by atoms with Crippen LogP contribution in [-0.2, 0) is 9.53 Å². The van der Waals surface area contributed by atoms with E-state index >= 15 is 0 Å². The molecule has 0 aromatic heterocycles. The fourth-order valence-electron chi connectivity index (χ4n) is 3.38. The molecule has 0 spiro atoms. The molecule has 0 aromatic rings. The smallest absolute Gasteiger partial charge is 0.327 e. The summed E-state index contributed by atoms with van der Waals surface area (Å²) in [6, 6.07) is 0. The fourth-order valence-corrected chi connectivity index (χ4v) is 3.38. The third kappa shape index (κ3) is 2.47. The number of nitrogens with zero attached hydrogens (tertiary/aromatic N) is 1. The van der Waals surface area contributed by atoms with E-state index in [1.165, 1.54) is 26.4 Å². The van der Waals surface area contributed by atoms with Crippen LogP contribution in [0.5, 0.6) is 0 Å². The normalized spacial score (nSPS) is 32.2. The van der Waals surface area contributed by atoms with Crippen LogP contribution in [-0.4, -0.2) is 50.2 Å². The first-order chi connectivity index (χ1) is 8.09. The summed E-state index contributed by atoms with van der Waals surface area (Å²) in [5.74, 6) is 1.57. The zero-order valence-corrected chi connectivity index (χ0v) is 11.2. The van der Waals surface area contributed by atoms with Gasteiger partial charge in [0, 0.05) is 19.6 Å². The molecule has 3 unspecified atom stereocenters. The van der Waals surface area contributed by atoms with E-state index in [1.54, 1.807) is 0 Å². The zero-order chi connectivity index (χ0) is 12.5. The van der Waals surface area contributed by atoms with E-state index in [4.69, 9.17) is 4.74 Å². The molecule has 0 aromatic carbocycles. The minimum absolute atomic E-state index is 0.169. The minimum Gasteiger partial charge on any atom is -0.468 e. The van der Waals surface area contributed by atoms with Crippen LogP contribution in [0.3, 0.4) is 0 Å². The fraction of sp³-hybridized carbons (Fsp3) is 0.923. The van der Waals surface area contributed by atoms with Crippen molar-refractivity contribution in [3.8, 4) is 0 Å². The van der Waals surface area contributed by atoms with Crippen LogP contribution >= 0.6 is 0 Å². The average Bonchev–Trinajstić information content (AvgIpc) is 2.88. The van der Waals surface area contributed by atoms with E-state index in [1.807, 2.05) is 14.0 Å². The summed E-state index contributed by atoms with van der Waals surface area (Å²) in [6.07, 6.45) is 4.13. The van der Waals surface area contributed by atoms with Gasteiger partial charge in [0.25, 0.3) is 0 Å². The van der Waals surface area contributed by atoms with Gasteiger partial charge in [-0.3, -0.25) is 4.79 Å². The monoisotopic (exact) mass is 240 g/mol. The zero-order valence-electron chi connectivity index (χ0n) is 11.2. The van der Waals surface area contributed by atoms with Gasteiger partial charge in [0.15, 0.2) is 0 Å². The number of hydrogen-bond donors (Lipinski definition) is 1. The highest BCUT2D eigenvalue weighted by Crippen LogP contribution is 2.38. The first kappa shape index (κ1) is 12.8. The summed E-state index contributed by atoms with van der Waals surface area (Å²) < 4.78 is 4.88. The van der Waals surface area contributed by atoms with Gasteiger partial charge < -0.3 is 15.0 Å². The van der Waals surface area contributed by atoms with Gasteiger partial charge in [0.2, 0.25) is 0 Å². The molecule has 3 atom stereocenters. The van der Waals surface area contributed by atoms with Crippen LogP contribution in [0.25, 0.3) is 0 Å². The highest BCUT2D eigenvalue weighted by Gasteiger charge is 2.41. The van der Waals surface area contributed by atoms with Gasteiger partial charge in [-0.05, 0) is 38.6 Å². The summed E-state index contributed by atoms with van der Waals surface area (Å²) in [4.78, 5) is 14.2. The molecule has 1 aliphatic heterocycles. The molecule has 1 saturated heterocycles. The average molecular weight is 240 g/mol. The molecule has 4 heteroatoms. The molecule has 4 nitrogen and oxygen atoms in total. The standard InChI is InChI=1S/C13H24N2O2/c1-13(14-2,12(16)17-3)9-15-7-10-5-4-6-11(10)8-15/h10-11,14H,4-9H2,1-3H3. The Bertz CT molecular complexity index is 283. The predicted molar refractivity (Wildman–Crippen MR) is 66.8 cm³/mol. The Hall–Kier alpha value is -0.610. The van der Waals surface area contributed by atoms with Crippen molar-refractivity contribution in [3.63, 3.8) is 0 Å². The molecule has 0 amide bonds. The van der Waals surface area contributed by atoms with E-state index in [9.17, 15) is 4.79 Å². The number of carbonyl (C=O) groups excluding carboxylic acids is 1. The Morgan fingerprint density at radius 1 is 1.41 bits per heavy atom. The van der Waals surface area contributed by atoms with Crippen LogP contribution in [0.4, 0.5) is 0 Å². The topological polar surface area (TPSA) is 41.6 Å². The van der Waals surface area contributed by atoms with Crippen LogP contribution in [0.1, 0.15) is 26.2 Å². The summed E-state index contributed by atoms with van der Waals surface area (Å²) >= 11 is 0. The lowest BCUT2D eigenvalue weighted by molar-refractivity contribution is -0.148. The number of likely N-dealkylation sites (tertiary alicyclic amines) is 1. The van der Waals surface area contributed by atoms with Crippen molar-refractivity contribution < 1.29 is 9.53 Å². The largest absolute Gasteiger partial charge is 0.468 e. The van der Waals surface area contributed by atoms with E-state index in [0.717, 1.165) is 31.5 Å². The molecule has 1 heterocycles. The number of nitrogens with one attached hydrogen (secondary N) is 1. The lowest BCUT2D eigenvalue weighted by Crippen LogP contribution is -2.55. The predicted octanol–water partition coefficient (Wildman–Crippen LogP) is 0.869. The lowest BCUT2D eigenvalue weighted by atomic mass is 10.0. The van der Waals surface area contributed by atoms with Gasteiger partial charge in [0.1, 0.15) is 5.54 Å². The molecule has 17 heavy (non-hydrogen) atoms. The Balaban J connectivity index is 1.94. The second-order valence-corrected chi connectivity index (χ2v) is 5.72. The number of carbonyl (C=O) groups is 1.